The lowest BCUT2D eigenvalue weighted by molar-refractivity contribution is -0.462. The number of hydrogen-bond donors (Lipinski definition) is 1. The predicted molar refractivity (Wildman–Crippen MR) is 81.1 cm³/mol. The first kappa shape index (κ1) is 16.7. The van der Waals surface area contributed by atoms with Crippen molar-refractivity contribution in [2.24, 2.45) is 23.7 Å². The molecule has 3 rings (SSSR count). The number of methoxy groups -OCH3 is 1. The molecule has 7 atom stereocenters. The van der Waals surface area contributed by atoms with Crippen LogP contribution in [-0.4, -0.2) is 36.1 Å². The minimum atomic E-state index is -0.778. The van der Waals surface area contributed by atoms with E-state index >= 15 is 0 Å². The quantitative estimate of drug-likeness (QED) is 0.625. The van der Waals surface area contributed by atoms with Gasteiger partial charge in [-0.05, 0) is 51.4 Å². The van der Waals surface area contributed by atoms with E-state index in [0.717, 1.165) is 25.7 Å². The molecule has 3 fully saturated rings. The minimum absolute atomic E-state index is 0.160. The molecule has 2 aliphatic heterocycles. The van der Waals surface area contributed by atoms with Gasteiger partial charge < -0.3 is 14.2 Å². The highest BCUT2D eigenvalue weighted by atomic mass is 17.1. The van der Waals surface area contributed by atoms with Crippen molar-refractivity contribution in [2.75, 3.05) is 7.11 Å². The van der Waals surface area contributed by atoms with E-state index in [2.05, 4.69) is 27.7 Å². The van der Waals surface area contributed by atoms with Crippen LogP contribution in [0.1, 0.15) is 53.4 Å². The van der Waals surface area contributed by atoms with Crippen molar-refractivity contribution >= 4 is 0 Å². The zero-order valence-corrected chi connectivity index (χ0v) is 14.4. The fraction of sp³-hybridized carbons (Fsp3) is 1.00. The van der Waals surface area contributed by atoms with Gasteiger partial charge in [-0.25, -0.2) is 4.89 Å². The van der Waals surface area contributed by atoms with E-state index < -0.39 is 11.9 Å². The lowest BCUT2D eigenvalue weighted by atomic mass is 9.58. The molecule has 0 aromatic carbocycles. The molecular formula is C17H30O5. The molecule has 3 aliphatic rings. The van der Waals surface area contributed by atoms with Crippen LogP contribution in [0.25, 0.3) is 0 Å². The highest BCUT2D eigenvalue weighted by Gasteiger charge is 2.65. The Bertz CT molecular complexity index is 412. The molecule has 1 saturated carbocycles. The van der Waals surface area contributed by atoms with E-state index in [9.17, 15) is 5.26 Å². The lowest BCUT2D eigenvalue weighted by Gasteiger charge is -2.57. The van der Waals surface area contributed by atoms with Gasteiger partial charge in [-0.3, -0.25) is 5.26 Å². The van der Waals surface area contributed by atoms with Gasteiger partial charge in [-0.2, -0.15) is 0 Å². The Labute approximate surface area is 133 Å². The third-order valence-corrected chi connectivity index (χ3v) is 6.34. The van der Waals surface area contributed by atoms with E-state index in [1.54, 1.807) is 7.11 Å². The first-order valence-electron chi connectivity index (χ1n) is 8.54. The third kappa shape index (κ3) is 2.33. The summed E-state index contributed by atoms with van der Waals surface area (Å²) in [7, 11) is 1.67. The van der Waals surface area contributed by atoms with Crippen LogP contribution in [0.15, 0.2) is 0 Å². The van der Waals surface area contributed by atoms with Gasteiger partial charge in [0.05, 0.1) is 5.60 Å². The molecule has 0 bridgehead atoms. The molecule has 2 heterocycles. The molecule has 0 spiro atoms. The van der Waals surface area contributed by atoms with E-state index in [1.165, 1.54) is 0 Å². The van der Waals surface area contributed by atoms with Crippen molar-refractivity contribution in [2.45, 2.75) is 77.2 Å². The molecule has 0 amide bonds. The second-order valence-electron chi connectivity index (χ2n) is 8.06. The molecule has 3 unspecified atom stereocenters. The Kier molecular flexibility index (Phi) is 4.32. The molecule has 22 heavy (non-hydrogen) atoms. The topological polar surface area (TPSA) is 57.2 Å². The summed E-state index contributed by atoms with van der Waals surface area (Å²) < 4.78 is 17.9. The predicted octanol–water partition coefficient (Wildman–Crippen LogP) is 3.43. The molecule has 5 nitrogen and oxygen atoms in total. The molecule has 5 heteroatoms. The summed E-state index contributed by atoms with van der Waals surface area (Å²) in [5.74, 6) is 1.06. The van der Waals surface area contributed by atoms with E-state index in [1.807, 2.05) is 0 Å². The summed E-state index contributed by atoms with van der Waals surface area (Å²) in [6.45, 7) is 8.54. The average Bonchev–Trinajstić information content (AvgIpc) is 2.59. The van der Waals surface area contributed by atoms with Gasteiger partial charge in [-0.1, -0.05) is 13.8 Å². The number of hydrogen-bond acceptors (Lipinski definition) is 5. The second-order valence-corrected chi connectivity index (χ2v) is 8.06. The number of rotatable bonds is 2. The zero-order valence-electron chi connectivity index (χ0n) is 14.4. The third-order valence-electron chi connectivity index (χ3n) is 6.34. The summed E-state index contributed by atoms with van der Waals surface area (Å²) in [5.41, 5.74) is -1.07. The maximum Gasteiger partial charge on any atom is 0.193 e. The summed E-state index contributed by atoms with van der Waals surface area (Å²) >= 11 is 0. The van der Waals surface area contributed by atoms with Gasteiger partial charge in [0.15, 0.2) is 18.2 Å². The van der Waals surface area contributed by atoms with Crippen molar-refractivity contribution in [3.8, 4) is 0 Å². The van der Waals surface area contributed by atoms with E-state index in [0.29, 0.717) is 5.92 Å². The van der Waals surface area contributed by atoms with Gasteiger partial charge in [0.2, 0.25) is 0 Å². The highest BCUT2D eigenvalue weighted by Crippen LogP contribution is 2.57. The second kappa shape index (κ2) is 5.71. The van der Waals surface area contributed by atoms with Crippen LogP contribution in [0.3, 0.4) is 0 Å². The summed E-state index contributed by atoms with van der Waals surface area (Å²) in [6, 6.07) is 0. The maximum atomic E-state index is 9.97. The molecule has 0 aromatic rings. The lowest BCUT2D eigenvalue weighted by Crippen LogP contribution is -2.67. The summed E-state index contributed by atoms with van der Waals surface area (Å²) in [4.78, 5) is 5.25. The first-order valence-corrected chi connectivity index (χ1v) is 8.54. The SMILES string of the molecule is COC1O[C@@H]2OC(C)(C)CCC3[C@H](C)CCC([C@H]1C)[C@]32OO. The van der Waals surface area contributed by atoms with Crippen LogP contribution >= 0.6 is 0 Å². The molecule has 2 saturated heterocycles. The van der Waals surface area contributed by atoms with Gasteiger partial charge in [-0.15, -0.1) is 0 Å². The zero-order chi connectivity index (χ0) is 16.1. The van der Waals surface area contributed by atoms with Crippen molar-refractivity contribution in [1.82, 2.24) is 0 Å². The van der Waals surface area contributed by atoms with Crippen LogP contribution in [0.4, 0.5) is 0 Å². The molecule has 128 valence electrons. The maximum absolute atomic E-state index is 9.97. The molecule has 0 radical (unpaired) electrons. The summed E-state index contributed by atoms with van der Waals surface area (Å²) in [6.07, 6.45) is 3.16. The highest BCUT2D eigenvalue weighted by molar-refractivity contribution is 5.08. The van der Waals surface area contributed by atoms with Crippen LogP contribution in [0, 0.1) is 23.7 Å². The molecule has 1 aliphatic carbocycles. The molecular weight excluding hydrogens is 284 g/mol. The largest absolute Gasteiger partial charge is 0.355 e. The summed E-state index contributed by atoms with van der Waals surface area (Å²) in [5, 5.41) is 9.97. The van der Waals surface area contributed by atoms with E-state index in [4.69, 9.17) is 19.1 Å². The average molecular weight is 314 g/mol. The van der Waals surface area contributed by atoms with Gasteiger partial charge >= 0.3 is 0 Å². The Balaban J connectivity index is 2.06. The molecule has 0 aromatic heterocycles. The smallest absolute Gasteiger partial charge is 0.193 e. The molecule has 1 N–H and O–H groups in total. The van der Waals surface area contributed by atoms with E-state index in [-0.39, 0.29) is 29.6 Å². The Morgan fingerprint density at radius 3 is 2.45 bits per heavy atom. The first-order chi connectivity index (χ1) is 10.4. The minimum Gasteiger partial charge on any atom is -0.355 e. The fourth-order valence-electron chi connectivity index (χ4n) is 5.08. The van der Waals surface area contributed by atoms with Crippen LogP contribution in [-0.2, 0) is 19.1 Å². The van der Waals surface area contributed by atoms with Crippen LogP contribution in [0.5, 0.6) is 0 Å². The fourth-order valence-corrected chi connectivity index (χ4v) is 5.08. The number of ether oxygens (including phenoxy) is 3. The van der Waals surface area contributed by atoms with Crippen LogP contribution in [0.2, 0.25) is 0 Å². The van der Waals surface area contributed by atoms with Gasteiger partial charge in [0, 0.05) is 18.9 Å². The normalized spacial score (nSPS) is 51.0. The standard InChI is InChI=1S/C17H30O5/c1-10-6-7-13-11(2)14(19-5)20-15-17(13,22-18)12(10)8-9-16(3,4)21-15/h10-15,18H,6-9H2,1-5H3/t10-,11-,12?,13?,14?,15-,17-/m1/s1. The van der Waals surface area contributed by atoms with Crippen molar-refractivity contribution < 1.29 is 24.4 Å². The Morgan fingerprint density at radius 1 is 1.09 bits per heavy atom. The van der Waals surface area contributed by atoms with Crippen molar-refractivity contribution in [3.05, 3.63) is 0 Å². The van der Waals surface area contributed by atoms with Crippen LogP contribution < -0.4 is 0 Å². The Morgan fingerprint density at radius 2 is 1.82 bits per heavy atom. The monoisotopic (exact) mass is 314 g/mol. The van der Waals surface area contributed by atoms with Crippen molar-refractivity contribution in [1.29, 1.82) is 0 Å². The Hall–Kier alpha value is -0.200. The van der Waals surface area contributed by atoms with Crippen molar-refractivity contribution in [3.63, 3.8) is 0 Å². The van der Waals surface area contributed by atoms with Gasteiger partial charge in [0.25, 0.3) is 0 Å². The van der Waals surface area contributed by atoms with Gasteiger partial charge in [0.1, 0.15) is 0 Å².